The van der Waals surface area contributed by atoms with Gasteiger partial charge in [0.15, 0.2) is 0 Å². The molecular weight excluding hydrogens is 561 g/mol. The van der Waals surface area contributed by atoms with Gasteiger partial charge in [0.25, 0.3) is 5.91 Å². The Bertz CT molecular complexity index is 1850. The van der Waals surface area contributed by atoms with E-state index in [0.717, 1.165) is 63.8 Å². The van der Waals surface area contributed by atoms with Gasteiger partial charge in [-0.1, -0.05) is 96.0 Å². The van der Waals surface area contributed by atoms with Crippen LogP contribution in [0, 0.1) is 5.92 Å². The highest BCUT2D eigenvalue weighted by molar-refractivity contribution is 6.30. The van der Waals surface area contributed by atoms with Crippen molar-refractivity contribution in [1.29, 1.82) is 0 Å². The Morgan fingerprint density at radius 1 is 0.833 bits per heavy atom. The molecule has 4 nitrogen and oxygen atoms in total. The van der Waals surface area contributed by atoms with Gasteiger partial charge in [-0.15, -0.1) is 0 Å². The third-order valence-corrected chi connectivity index (χ3v) is 8.65. The average Bonchev–Trinajstić information content (AvgIpc) is 3.43. The molecule has 0 radical (unpaired) electrons. The molecule has 1 aromatic heterocycles. The highest BCUT2D eigenvalue weighted by Crippen LogP contribution is 2.45. The lowest BCUT2D eigenvalue weighted by Gasteiger charge is -2.30. The molecule has 7 rings (SSSR count). The third kappa shape index (κ3) is 5.02. The number of nitrogens with zero attached hydrogens (tertiary/aromatic N) is 3. The van der Waals surface area contributed by atoms with Gasteiger partial charge in [0.05, 0.1) is 28.5 Å². The number of halogens is 2. The number of rotatable bonds is 4. The summed E-state index contributed by atoms with van der Waals surface area (Å²) in [6.07, 6.45) is 5.05. The van der Waals surface area contributed by atoms with E-state index < -0.39 is 0 Å². The van der Waals surface area contributed by atoms with Crippen LogP contribution in [0.15, 0.2) is 120 Å². The van der Waals surface area contributed by atoms with Crippen molar-refractivity contribution in [1.82, 2.24) is 9.99 Å². The standard InChI is InChI=1S/C36H27Cl2N3O/c37-27-17-13-23(14-18-27)21-26-9-6-11-30-34(26)40-41(35(30)25-15-19-28(38)20-16-25)36(42)31-22-33(24-7-2-1-3-8-24)39-32-12-5-4-10-29(31)32/h1-5,7-8,10,12-22,30,35H,6,9,11H2/b26-21+/t30-,35+/m1/s1. The quantitative estimate of drug-likeness (QED) is 0.210. The Morgan fingerprint density at radius 3 is 2.29 bits per heavy atom. The minimum atomic E-state index is -0.245. The summed E-state index contributed by atoms with van der Waals surface area (Å²) >= 11 is 12.4. The summed E-state index contributed by atoms with van der Waals surface area (Å²) in [6.45, 7) is 0. The van der Waals surface area contributed by atoms with Crippen molar-refractivity contribution >= 4 is 51.8 Å². The second-order valence-corrected chi connectivity index (χ2v) is 11.7. The molecule has 1 aliphatic heterocycles. The molecule has 42 heavy (non-hydrogen) atoms. The molecular formula is C36H27Cl2N3O. The van der Waals surface area contributed by atoms with Gasteiger partial charge in [0, 0.05) is 26.9 Å². The maximum atomic E-state index is 14.7. The number of hydrogen-bond donors (Lipinski definition) is 0. The molecule has 0 spiro atoms. The Morgan fingerprint density at radius 2 is 1.52 bits per heavy atom. The van der Waals surface area contributed by atoms with Crippen LogP contribution in [-0.2, 0) is 0 Å². The fraction of sp³-hybridized carbons (Fsp3) is 0.139. The van der Waals surface area contributed by atoms with E-state index >= 15 is 0 Å². The minimum Gasteiger partial charge on any atom is -0.267 e. The van der Waals surface area contributed by atoms with Crippen molar-refractivity contribution in [3.05, 3.63) is 142 Å². The first-order valence-corrected chi connectivity index (χ1v) is 14.9. The fourth-order valence-corrected chi connectivity index (χ4v) is 6.41. The maximum absolute atomic E-state index is 14.7. The Hall–Kier alpha value is -4.25. The normalized spacial score (nSPS) is 19.1. The molecule has 4 aromatic carbocycles. The predicted octanol–water partition coefficient (Wildman–Crippen LogP) is 9.65. The number of allylic oxidation sites excluding steroid dienone is 1. The number of carbonyl (C=O) groups is 1. The Balaban J connectivity index is 1.37. The van der Waals surface area contributed by atoms with E-state index in [1.165, 1.54) is 0 Å². The minimum absolute atomic E-state index is 0.0733. The van der Waals surface area contributed by atoms with Crippen molar-refractivity contribution in [2.24, 2.45) is 11.0 Å². The summed E-state index contributed by atoms with van der Waals surface area (Å²) in [4.78, 5) is 19.6. The van der Waals surface area contributed by atoms with E-state index in [1.807, 2.05) is 109 Å². The van der Waals surface area contributed by atoms with Crippen LogP contribution in [0.25, 0.3) is 28.2 Å². The molecule has 2 atom stereocenters. The van der Waals surface area contributed by atoms with Gasteiger partial charge < -0.3 is 0 Å². The first-order valence-electron chi connectivity index (χ1n) is 14.1. The molecule has 2 aliphatic rings. The lowest BCUT2D eigenvalue weighted by atomic mass is 9.77. The van der Waals surface area contributed by atoms with Crippen LogP contribution in [-0.4, -0.2) is 21.6 Å². The van der Waals surface area contributed by atoms with Gasteiger partial charge >= 0.3 is 0 Å². The van der Waals surface area contributed by atoms with Gasteiger partial charge in [-0.25, -0.2) is 9.99 Å². The summed E-state index contributed by atoms with van der Waals surface area (Å²) in [7, 11) is 0. The van der Waals surface area contributed by atoms with Gasteiger partial charge in [-0.2, -0.15) is 5.10 Å². The van der Waals surface area contributed by atoms with E-state index in [0.29, 0.717) is 15.6 Å². The number of benzene rings is 4. The van der Waals surface area contributed by atoms with E-state index in [4.69, 9.17) is 33.3 Å². The number of para-hydroxylation sites is 1. The summed E-state index contributed by atoms with van der Waals surface area (Å²) in [5.74, 6) is -0.0670. The van der Waals surface area contributed by atoms with Gasteiger partial charge in [-0.3, -0.25) is 4.79 Å². The van der Waals surface area contributed by atoms with Crippen LogP contribution in [0.1, 0.15) is 46.8 Å². The van der Waals surface area contributed by atoms with Crippen LogP contribution in [0.4, 0.5) is 0 Å². The number of fused-ring (bicyclic) bond motifs is 2. The smallest absolute Gasteiger partial charge is 0.267 e. The number of amides is 1. The van der Waals surface area contributed by atoms with E-state index in [9.17, 15) is 4.79 Å². The van der Waals surface area contributed by atoms with Crippen molar-refractivity contribution in [2.75, 3.05) is 0 Å². The molecule has 1 saturated carbocycles. The molecule has 0 N–H and O–H groups in total. The largest absolute Gasteiger partial charge is 0.275 e. The molecule has 206 valence electrons. The number of pyridine rings is 1. The average molecular weight is 589 g/mol. The highest BCUT2D eigenvalue weighted by Gasteiger charge is 2.44. The third-order valence-electron chi connectivity index (χ3n) is 8.15. The zero-order chi connectivity index (χ0) is 28.6. The van der Waals surface area contributed by atoms with Crippen molar-refractivity contribution < 1.29 is 4.79 Å². The highest BCUT2D eigenvalue weighted by atomic mass is 35.5. The number of aromatic nitrogens is 1. The first-order chi connectivity index (χ1) is 20.5. The topological polar surface area (TPSA) is 45.6 Å². The molecule has 1 aliphatic carbocycles. The monoisotopic (exact) mass is 587 g/mol. The van der Waals surface area contributed by atoms with Crippen LogP contribution < -0.4 is 0 Å². The summed E-state index contributed by atoms with van der Waals surface area (Å²) in [6, 6.07) is 35.1. The zero-order valence-electron chi connectivity index (χ0n) is 22.8. The van der Waals surface area contributed by atoms with Crippen LogP contribution >= 0.6 is 23.2 Å². The predicted molar refractivity (Wildman–Crippen MR) is 172 cm³/mol. The van der Waals surface area contributed by atoms with Crippen LogP contribution in [0.2, 0.25) is 10.0 Å². The van der Waals surface area contributed by atoms with E-state index in [1.54, 1.807) is 5.01 Å². The van der Waals surface area contributed by atoms with Crippen molar-refractivity contribution in [2.45, 2.75) is 25.3 Å². The summed E-state index contributed by atoms with van der Waals surface area (Å²) < 4.78 is 0. The lowest BCUT2D eigenvalue weighted by molar-refractivity contribution is 0.0683. The molecule has 5 aromatic rings. The van der Waals surface area contributed by atoms with Crippen LogP contribution in [0.3, 0.4) is 0 Å². The SMILES string of the molecule is O=C(c1cc(-c2ccccc2)nc2ccccc12)N1N=C2/C(=C/c3ccc(Cl)cc3)CCC[C@H]2[C@@H]1c1ccc(Cl)cc1. The van der Waals surface area contributed by atoms with E-state index in [2.05, 4.69) is 6.08 Å². The molecule has 0 unspecified atom stereocenters. The number of hydrogen-bond acceptors (Lipinski definition) is 3. The molecule has 0 saturated heterocycles. The second-order valence-electron chi connectivity index (χ2n) is 10.8. The zero-order valence-corrected chi connectivity index (χ0v) is 24.3. The fourth-order valence-electron chi connectivity index (χ4n) is 6.15. The second kappa shape index (κ2) is 11.2. The molecule has 2 heterocycles. The van der Waals surface area contributed by atoms with Crippen molar-refractivity contribution in [3.63, 3.8) is 0 Å². The number of hydrazone groups is 1. The Kier molecular flexibility index (Phi) is 7.10. The first kappa shape index (κ1) is 26.6. The van der Waals surface area contributed by atoms with E-state index in [-0.39, 0.29) is 17.9 Å². The van der Waals surface area contributed by atoms with Gasteiger partial charge in [-0.05, 0) is 78.4 Å². The summed E-state index contributed by atoms with van der Waals surface area (Å²) in [5, 5.41) is 9.01. The van der Waals surface area contributed by atoms with Crippen LogP contribution in [0.5, 0.6) is 0 Å². The maximum Gasteiger partial charge on any atom is 0.275 e. The lowest BCUT2D eigenvalue weighted by Crippen LogP contribution is -2.32. The number of carbonyl (C=O) groups excluding carboxylic acids is 1. The molecule has 1 amide bonds. The summed E-state index contributed by atoms with van der Waals surface area (Å²) in [5.41, 5.74) is 7.31. The van der Waals surface area contributed by atoms with Gasteiger partial charge in [0.1, 0.15) is 0 Å². The molecule has 6 heteroatoms. The Labute approximate surface area is 254 Å². The van der Waals surface area contributed by atoms with Gasteiger partial charge in [0.2, 0.25) is 0 Å². The van der Waals surface area contributed by atoms with Crippen molar-refractivity contribution in [3.8, 4) is 11.3 Å². The molecule has 0 bridgehead atoms. The molecule has 1 fully saturated rings.